The molecular weight excluding hydrogens is 309 g/mol. The quantitative estimate of drug-likeness (QED) is 0.586. The van der Waals surface area contributed by atoms with Crippen LogP contribution in [0.15, 0.2) is 34.8 Å². The number of thiophene rings is 1. The van der Waals surface area contributed by atoms with Gasteiger partial charge in [0.1, 0.15) is 22.2 Å². The van der Waals surface area contributed by atoms with Gasteiger partial charge in [-0.2, -0.15) is 0 Å². The molecule has 1 aromatic carbocycles. The van der Waals surface area contributed by atoms with E-state index < -0.39 is 0 Å². The van der Waals surface area contributed by atoms with E-state index in [0.717, 1.165) is 15.8 Å². The minimum Gasteiger partial charge on any atom is -0.496 e. The van der Waals surface area contributed by atoms with Crippen molar-refractivity contribution in [3.63, 3.8) is 0 Å². The number of fused-ring (bicyclic) bond motifs is 1. The van der Waals surface area contributed by atoms with Crippen molar-refractivity contribution >= 4 is 39.1 Å². The van der Waals surface area contributed by atoms with Gasteiger partial charge in [-0.25, -0.2) is 14.4 Å². The van der Waals surface area contributed by atoms with E-state index in [4.69, 9.17) is 10.5 Å². The van der Waals surface area contributed by atoms with Crippen LogP contribution in [-0.4, -0.2) is 17.1 Å². The molecule has 0 amide bonds. The molecule has 0 aliphatic heterocycles. The standard InChI is InChI=1S/C14H12FN3OS2/c1-19-11-3-2-9(15)6-8(11)7-21-14-17-12(16)10-4-5-20-13(10)18-14/h2-6H,7H2,1H3,(H2,16,17,18). The van der Waals surface area contributed by atoms with Gasteiger partial charge in [-0.05, 0) is 29.6 Å². The molecule has 2 aromatic heterocycles. The SMILES string of the molecule is COc1ccc(F)cc1CSc1nc(N)c2ccsc2n1. The fraction of sp³-hybridized carbons (Fsp3) is 0.143. The molecule has 2 heterocycles. The fourth-order valence-electron chi connectivity index (χ4n) is 1.92. The number of benzene rings is 1. The summed E-state index contributed by atoms with van der Waals surface area (Å²) in [7, 11) is 1.56. The number of thioether (sulfide) groups is 1. The molecule has 2 N–H and O–H groups in total. The highest BCUT2D eigenvalue weighted by molar-refractivity contribution is 7.98. The molecule has 0 radical (unpaired) electrons. The molecule has 0 unspecified atom stereocenters. The minimum absolute atomic E-state index is 0.291. The van der Waals surface area contributed by atoms with Gasteiger partial charge in [0.05, 0.1) is 12.5 Å². The Kier molecular flexibility index (Phi) is 3.94. The molecule has 0 aliphatic rings. The fourth-order valence-corrected chi connectivity index (χ4v) is 3.58. The number of halogens is 1. The van der Waals surface area contributed by atoms with Crippen LogP contribution in [0.2, 0.25) is 0 Å². The normalized spacial score (nSPS) is 11.0. The van der Waals surface area contributed by atoms with Crippen molar-refractivity contribution in [1.29, 1.82) is 0 Å². The zero-order valence-corrected chi connectivity index (χ0v) is 12.8. The number of nitrogen functional groups attached to an aromatic ring is 1. The summed E-state index contributed by atoms with van der Waals surface area (Å²) in [6, 6.07) is 6.35. The topological polar surface area (TPSA) is 61.0 Å². The molecule has 3 rings (SSSR count). The van der Waals surface area contributed by atoms with Crippen molar-refractivity contribution in [1.82, 2.24) is 9.97 Å². The van der Waals surface area contributed by atoms with Gasteiger partial charge in [0.25, 0.3) is 0 Å². The molecule has 7 heteroatoms. The monoisotopic (exact) mass is 321 g/mol. The average Bonchev–Trinajstić information content (AvgIpc) is 2.94. The van der Waals surface area contributed by atoms with Crippen LogP contribution in [0.25, 0.3) is 10.2 Å². The third-order valence-corrected chi connectivity index (χ3v) is 4.64. The summed E-state index contributed by atoms with van der Waals surface area (Å²) < 4.78 is 18.6. The summed E-state index contributed by atoms with van der Waals surface area (Å²) in [5.41, 5.74) is 6.67. The summed E-state index contributed by atoms with van der Waals surface area (Å²) >= 11 is 2.92. The number of hydrogen-bond acceptors (Lipinski definition) is 6. The van der Waals surface area contributed by atoms with Gasteiger partial charge in [0.15, 0.2) is 5.16 Å². The van der Waals surface area contributed by atoms with Crippen LogP contribution < -0.4 is 10.5 Å². The Balaban J connectivity index is 1.84. The van der Waals surface area contributed by atoms with Crippen LogP contribution in [0.3, 0.4) is 0 Å². The van der Waals surface area contributed by atoms with Crippen molar-refractivity contribution < 1.29 is 9.13 Å². The molecule has 0 atom stereocenters. The maximum Gasteiger partial charge on any atom is 0.191 e. The Bertz CT molecular complexity index is 791. The number of ether oxygens (including phenoxy) is 1. The first kappa shape index (κ1) is 14.1. The van der Waals surface area contributed by atoms with Crippen molar-refractivity contribution in [2.24, 2.45) is 0 Å². The molecule has 3 aromatic rings. The zero-order chi connectivity index (χ0) is 14.8. The van der Waals surface area contributed by atoms with E-state index >= 15 is 0 Å². The van der Waals surface area contributed by atoms with Crippen molar-refractivity contribution in [2.45, 2.75) is 10.9 Å². The highest BCUT2D eigenvalue weighted by Gasteiger charge is 2.10. The van der Waals surface area contributed by atoms with Crippen LogP contribution in [-0.2, 0) is 5.75 Å². The predicted molar refractivity (Wildman–Crippen MR) is 84.3 cm³/mol. The Morgan fingerprint density at radius 3 is 3.00 bits per heavy atom. The highest BCUT2D eigenvalue weighted by atomic mass is 32.2. The number of nitrogens with zero attached hydrogens (tertiary/aromatic N) is 2. The Morgan fingerprint density at radius 1 is 1.33 bits per heavy atom. The number of aromatic nitrogens is 2. The van der Waals surface area contributed by atoms with Gasteiger partial charge in [-0.15, -0.1) is 11.3 Å². The van der Waals surface area contributed by atoms with Gasteiger partial charge < -0.3 is 10.5 Å². The van der Waals surface area contributed by atoms with Crippen LogP contribution in [0.1, 0.15) is 5.56 Å². The molecule has 0 saturated heterocycles. The summed E-state index contributed by atoms with van der Waals surface area (Å²) in [4.78, 5) is 9.57. The number of methoxy groups -OCH3 is 1. The number of hydrogen-bond donors (Lipinski definition) is 1. The zero-order valence-electron chi connectivity index (χ0n) is 11.2. The Morgan fingerprint density at radius 2 is 2.19 bits per heavy atom. The lowest BCUT2D eigenvalue weighted by Crippen LogP contribution is -1.96. The number of rotatable bonds is 4. The molecule has 108 valence electrons. The van der Waals surface area contributed by atoms with Gasteiger partial charge in [-0.1, -0.05) is 11.8 Å². The largest absolute Gasteiger partial charge is 0.496 e. The maximum atomic E-state index is 13.3. The lowest BCUT2D eigenvalue weighted by Gasteiger charge is -2.08. The second kappa shape index (κ2) is 5.87. The van der Waals surface area contributed by atoms with E-state index in [1.54, 1.807) is 13.2 Å². The third kappa shape index (κ3) is 2.93. The highest BCUT2D eigenvalue weighted by Crippen LogP contribution is 2.30. The summed E-state index contributed by atoms with van der Waals surface area (Å²) in [5, 5.41) is 3.38. The van der Waals surface area contributed by atoms with E-state index in [1.807, 2.05) is 11.4 Å². The van der Waals surface area contributed by atoms with Crippen molar-refractivity contribution in [2.75, 3.05) is 12.8 Å². The lowest BCUT2D eigenvalue weighted by atomic mass is 10.2. The lowest BCUT2D eigenvalue weighted by molar-refractivity contribution is 0.410. The van der Waals surface area contributed by atoms with E-state index in [-0.39, 0.29) is 5.82 Å². The second-order valence-electron chi connectivity index (χ2n) is 4.28. The van der Waals surface area contributed by atoms with Crippen molar-refractivity contribution in [3.05, 3.63) is 41.0 Å². The first-order valence-corrected chi connectivity index (χ1v) is 8.00. The summed E-state index contributed by atoms with van der Waals surface area (Å²) in [5.74, 6) is 1.33. The van der Waals surface area contributed by atoms with Crippen LogP contribution in [0.5, 0.6) is 5.75 Å². The first-order chi connectivity index (χ1) is 10.2. The van der Waals surface area contributed by atoms with Gasteiger partial charge >= 0.3 is 0 Å². The summed E-state index contributed by atoms with van der Waals surface area (Å²) in [6.45, 7) is 0. The van der Waals surface area contributed by atoms with E-state index in [0.29, 0.717) is 22.5 Å². The van der Waals surface area contributed by atoms with E-state index in [1.165, 1.54) is 35.2 Å². The molecular formula is C14H12FN3OS2. The Hall–Kier alpha value is -1.86. The number of nitrogens with two attached hydrogens (primary N) is 1. The van der Waals surface area contributed by atoms with E-state index in [2.05, 4.69) is 9.97 Å². The molecule has 4 nitrogen and oxygen atoms in total. The second-order valence-corrected chi connectivity index (χ2v) is 6.11. The van der Waals surface area contributed by atoms with Gasteiger partial charge in [-0.3, -0.25) is 0 Å². The number of anilines is 1. The van der Waals surface area contributed by atoms with Crippen LogP contribution in [0, 0.1) is 5.82 Å². The minimum atomic E-state index is -0.291. The van der Waals surface area contributed by atoms with E-state index in [9.17, 15) is 4.39 Å². The molecule has 0 bridgehead atoms. The third-order valence-electron chi connectivity index (χ3n) is 2.93. The van der Waals surface area contributed by atoms with Gasteiger partial charge in [0, 0.05) is 11.3 Å². The van der Waals surface area contributed by atoms with Crippen LogP contribution in [0.4, 0.5) is 10.2 Å². The molecule has 0 spiro atoms. The smallest absolute Gasteiger partial charge is 0.191 e. The first-order valence-electron chi connectivity index (χ1n) is 6.13. The van der Waals surface area contributed by atoms with Crippen LogP contribution >= 0.6 is 23.1 Å². The van der Waals surface area contributed by atoms with Gasteiger partial charge in [0.2, 0.25) is 0 Å². The molecule has 0 saturated carbocycles. The molecule has 0 fully saturated rings. The predicted octanol–water partition coefficient (Wildman–Crippen LogP) is 3.71. The Labute approximate surface area is 129 Å². The molecule has 21 heavy (non-hydrogen) atoms. The molecule has 0 aliphatic carbocycles. The summed E-state index contributed by atoms with van der Waals surface area (Å²) in [6.07, 6.45) is 0. The van der Waals surface area contributed by atoms with Crippen molar-refractivity contribution in [3.8, 4) is 5.75 Å². The maximum absolute atomic E-state index is 13.3. The average molecular weight is 321 g/mol.